The third kappa shape index (κ3) is 2.70. The first kappa shape index (κ1) is 11.5. The van der Waals surface area contributed by atoms with Crippen LogP contribution in [0.25, 0.3) is 0 Å². The quantitative estimate of drug-likeness (QED) is 0.781. The molecule has 0 aliphatic heterocycles. The minimum absolute atomic E-state index is 0.0304. The van der Waals surface area contributed by atoms with Crippen LogP contribution >= 0.6 is 0 Å². The van der Waals surface area contributed by atoms with E-state index in [1.807, 2.05) is 0 Å². The Balaban J connectivity index is 3.32. The van der Waals surface area contributed by atoms with Crippen LogP contribution in [0.15, 0.2) is 18.2 Å². The Morgan fingerprint density at radius 1 is 1.33 bits per heavy atom. The predicted octanol–water partition coefficient (Wildman–Crippen LogP) is 2.60. The lowest BCUT2D eigenvalue weighted by Gasteiger charge is -2.11. The van der Waals surface area contributed by atoms with Crippen LogP contribution in [0.3, 0.4) is 0 Å². The number of benzene rings is 1. The van der Waals surface area contributed by atoms with Gasteiger partial charge in [0.05, 0.1) is 17.2 Å². The molecule has 0 bridgehead atoms. The number of hydrogen-bond acceptors (Lipinski definition) is 2. The molecule has 1 rings (SSSR count). The highest BCUT2D eigenvalue weighted by molar-refractivity contribution is 5.39. The minimum atomic E-state index is -4.45. The molecule has 0 saturated heterocycles. The van der Waals surface area contributed by atoms with Gasteiger partial charge in [-0.1, -0.05) is 0 Å². The second kappa shape index (κ2) is 3.91. The minimum Gasteiger partial charge on any atom is -0.324 e. The van der Waals surface area contributed by atoms with Gasteiger partial charge in [0.2, 0.25) is 0 Å². The van der Waals surface area contributed by atoms with Crippen molar-refractivity contribution in [2.45, 2.75) is 19.1 Å². The molecule has 2 N–H and O–H groups in total. The zero-order chi connectivity index (χ0) is 11.6. The van der Waals surface area contributed by atoms with Gasteiger partial charge >= 0.3 is 6.18 Å². The van der Waals surface area contributed by atoms with Crippen molar-refractivity contribution < 1.29 is 13.2 Å². The van der Waals surface area contributed by atoms with Crippen LogP contribution in [-0.2, 0) is 6.18 Å². The molecule has 5 heteroatoms. The Hall–Kier alpha value is -1.54. The smallest absolute Gasteiger partial charge is 0.324 e. The lowest BCUT2D eigenvalue weighted by atomic mass is 10.0. The number of nitrogens with two attached hydrogens (primary N) is 1. The molecule has 0 heterocycles. The van der Waals surface area contributed by atoms with Gasteiger partial charge in [-0.15, -0.1) is 0 Å². The second-order valence-corrected chi connectivity index (χ2v) is 3.24. The van der Waals surface area contributed by atoms with Gasteiger partial charge in [0.25, 0.3) is 0 Å². The van der Waals surface area contributed by atoms with Crippen LogP contribution in [0.5, 0.6) is 0 Å². The Kier molecular flexibility index (Phi) is 3.01. The van der Waals surface area contributed by atoms with Crippen molar-refractivity contribution in [3.05, 3.63) is 34.9 Å². The van der Waals surface area contributed by atoms with E-state index in [4.69, 9.17) is 11.0 Å². The summed E-state index contributed by atoms with van der Waals surface area (Å²) in [6.45, 7) is 1.57. The van der Waals surface area contributed by atoms with Gasteiger partial charge in [-0.2, -0.15) is 18.4 Å². The molecule has 0 spiro atoms. The third-order valence-corrected chi connectivity index (χ3v) is 1.94. The van der Waals surface area contributed by atoms with Gasteiger partial charge in [-0.25, -0.2) is 0 Å². The van der Waals surface area contributed by atoms with Gasteiger partial charge in [0.15, 0.2) is 0 Å². The number of rotatable bonds is 1. The summed E-state index contributed by atoms with van der Waals surface area (Å²) in [5.74, 6) is 0. The van der Waals surface area contributed by atoms with E-state index in [2.05, 4.69) is 0 Å². The highest BCUT2D eigenvalue weighted by Gasteiger charge is 2.31. The molecule has 80 valence electrons. The maximum atomic E-state index is 12.4. The summed E-state index contributed by atoms with van der Waals surface area (Å²) >= 11 is 0. The van der Waals surface area contributed by atoms with Crippen LogP contribution in [0.2, 0.25) is 0 Å². The summed E-state index contributed by atoms with van der Waals surface area (Å²) in [6.07, 6.45) is -4.45. The normalized spacial score (nSPS) is 13.3. The average molecular weight is 214 g/mol. The predicted molar refractivity (Wildman–Crippen MR) is 48.8 cm³/mol. The molecule has 0 amide bonds. The number of alkyl halides is 3. The fourth-order valence-electron chi connectivity index (χ4n) is 1.14. The summed E-state index contributed by atoms with van der Waals surface area (Å²) in [5.41, 5.74) is 4.91. The first-order chi connectivity index (χ1) is 6.84. The van der Waals surface area contributed by atoms with Gasteiger partial charge in [-0.3, -0.25) is 0 Å². The highest BCUT2D eigenvalue weighted by atomic mass is 19.4. The molecule has 0 aliphatic rings. The number of hydrogen-bond donors (Lipinski definition) is 1. The molecule has 2 nitrogen and oxygen atoms in total. The molecule has 0 fully saturated rings. The molecule has 15 heavy (non-hydrogen) atoms. The molecule has 0 saturated carbocycles. The number of halogens is 3. The lowest BCUT2D eigenvalue weighted by molar-refractivity contribution is -0.137. The van der Waals surface area contributed by atoms with E-state index < -0.39 is 17.8 Å². The van der Waals surface area contributed by atoms with Gasteiger partial charge in [0.1, 0.15) is 0 Å². The molecule has 0 unspecified atom stereocenters. The summed E-state index contributed by atoms with van der Waals surface area (Å²) in [6, 6.07) is 4.29. The zero-order valence-electron chi connectivity index (χ0n) is 7.97. The van der Waals surface area contributed by atoms with Crippen LogP contribution in [0, 0.1) is 11.3 Å². The molecule has 0 aromatic heterocycles. The molecule has 0 radical (unpaired) electrons. The average Bonchev–Trinajstić information content (AvgIpc) is 2.15. The van der Waals surface area contributed by atoms with Crippen LogP contribution in [0.4, 0.5) is 13.2 Å². The lowest BCUT2D eigenvalue weighted by Crippen LogP contribution is -2.10. The fourth-order valence-corrected chi connectivity index (χ4v) is 1.14. The molecule has 1 aromatic rings. The van der Waals surface area contributed by atoms with Crippen molar-refractivity contribution >= 4 is 0 Å². The van der Waals surface area contributed by atoms with Crippen molar-refractivity contribution in [3.63, 3.8) is 0 Å². The van der Waals surface area contributed by atoms with E-state index >= 15 is 0 Å². The van der Waals surface area contributed by atoms with E-state index in [9.17, 15) is 13.2 Å². The first-order valence-corrected chi connectivity index (χ1v) is 4.22. The maximum Gasteiger partial charge on any atom is 0.416 e. The Morgan fingerprint density at radius 2 is 1.93 bits per heavy atom. The van der Waals surface area contributed by atoms with Crippen molar-refractivity contribution in [1.29, 1.82) is 5.26 Å². The second-order valence-electron chi connectivity index (χ2n) is 3.24. The van der Waals surface area contributed by atoms with Crippen LogP contribution in [0.1, 0.15) is 29.7 Å². The molecular formula is C10H9F3N2. The summed E-state index contributed by atoms with van der Waals surface area (Å²) in [7, 11) is 0. The van der Waals surface area contributed by atoms with Gasteiger partial charge < -0.3 is 5.73 Å². The topological polar surface area (TPSA) is 49.8 Å². The molecule has 1 aromatic carbocycles. The molecule has 1 atom stereocenters. The van der Waals surface area contributed by atoms with Crippen molar-refractivity contribution in [1.82, 2.24) is 0 Å². The fraction of sp³-hybridized carbons (Fsp3) is 0.300. The van der Waals surface area contributed by atoms with Crippen molar-refractivity contribution in [2.24, 2.45) is 5.73 Å². The molecule has 0 aliphatic carbocycles. The third-order valence-electron chi connectivity index (χ3n) is 1.94. The number of nitriles is 1. The monoisotopic (exact) mass is 214 g/mol. The molecular weight excluding hydrogens is 205 g/mol. The highest BCUT2D eigenvalue weighted by Crippen LogP contribution is 2.31. The van der Waals surface area contributed by atoms with Crippen molar-refractivity contribution in [3.8, 4) is 6.07 Å². The van der Waals surface area contributed by atoms with Crippen LogP contribution < -0.4 is 5.73 Å². The summed E-state index contributed by atoms with van der Waals surface area (Å²) in [5, 5.41) is 8.58. The Bertz CT molecular complexity index is 402. The number of nitrogens with zero attached hydrogens (tertiary/aromatic N) is 1. The SMILES string of the molecule is C[C@@H](N)c1cc(C#N)cc(C(F)(F)F)c1. The standard InChI is InChI=1S/C10H9F3N2/c1-6(15)8-2-7(5-14)3-9(4-8)10(11,12)13/h2-4,6H,15H2,1H3/t6-/m1/s1. The largest absolute Gasteiger partial charge is 0.416 e. The summed E-state index contributed by atoms with van der Waals surface area (Å²) < 4.78 is 37.2. The van der Waals surface area contributed by atoms with Gasteiger partial charge in [0, 0.05) is 6.04 Å². The first-order valence-electron chi connectivity index (χ1n) is 4.22. The van der Waals surface area contributed by atoms with E-state index in [-0.39, 0.29) is 5.56 Å². The van der Waals surface area contributed by atoms with E-state index in [0.717, 1.165) is 12.1 Å². The van der Waals surface area contributed by atoms with Crippen molar-refractivity contribution in [2.75, 3.05) is 0 Å². The summed E-state index contributed by atoms with van der Waals surface area (Å²) in [4.78, 5) is 0. The van der Waals surface area contributed by atoms with E-state index in [1.165, 1.54) is 6.07 Å². The Labute approximate surface area is 85.1 Å². The van der Waals surface area contributed by atoms with Crippen LogP contribution in [-0.4, -0.2) is 0 Å². The van der Waals surface area contributed by atoms with E-state index in [1.54, 1.807) is 13.0 Å². The van der Waals surface area contributed by atoms with E-state index in [0.29, 0.717) is 5.56 Å². The maximum absolute atomic E-state index is 12.4. The zero-order valence-corrected chi connectivity index (χ0v) is 7.97. The Morgan fingerprint density at radius 3 is 2.33 bits per heavy atom. The van der Waals surface area contributed by atoms with Gasteiger partial charge in [-0.05, 0) is 30.7 Å².